The molecule has 0 aliphatic heterocycles. The van der Waals surface area contributed by atoms with Crippen molar-refractivity contribution in [2.45, 2.75) is 13.5 Å². The molecule has 0 bridgehead atoms. The fourth-order valence-electron chi connectivity index (χ4n) is 2.36. The molecule has 0 amide bonds. The van der Waals surface area contributed by atoms with E-state index >= 15 is 0 Å². The number of rotatable bonds is 3. The van der Waals surface area contributed by atoms with Crippen molar-refractivity contribution in [1.82, 2.24) is 4.98 Å². The standard InChI is InChI=1S/C17H14FNO2/c1-11-16(14-9-13(18)7-8-15(14)19-11)17(20)21-10-12-5-3-2-4-6-12/h2-9,19H,10H2,1H3. The van der Waals surface area contributed by atoms with Crippen LogP contribution >= 0.6 is 0 Å². The molecule has 0 unspecified atom stereocenters. The Labute approximate surface area is 121 Å². The van der Waals surface area contributed by atoms with Gasteiger partial charge >= 0.3 is 5.97 Å². The van der Waals surface area contributed by atoms with Crippen molar-refractivity contribution in [1.29, 1.82) is 0 Å². The summed E-state index contributed by atoms with van der Waals surface area (Å²) in [4.78, 5) is 15.3. The fourth-order valence-corrected chi connectivity index (χ4v) is 2.36. The zero-order valence-corrected chi connectivity index (χ0v) is 11.5. The molecule has 0 saturated carbocycles. The minimum atomic E-state index is -0.451. The molecule has 4 heteroatoms. The number of nitrogens with one attached hydrogen (secondary N) is 1. The quantitative estimate of drug-likeness (QED) is 0.739. The minimum Gasteiger partial charge on any atom is -0.457 e. The largest absolute Gasteiger partial charge is 0.457 e. The highest BCUT2D eigenvalue weighted by Gasteiger charge is 2.18. The second-order valence-corrected chi connectivity index (χ2v) is 4.88. The summed E-state index contributed by atoms with van der Waals surface area (Å²) in [5.74, 6) is -0.827. The summed E-state index contributed by atoms with van der Waals surface area (Å²) < 4.78 is 18.7. The molecule has 1 heterocycles. The second kappa shape index (κ2) is 5.40. The van der Waals surface area contributed by atoms with E-state index in [1.54, 1.807) is 13.0 Å². The van der Waals surface area contributed by atoms with Crippen molar-refractivity contribution in [2.24, 2.45) is 0 Å². The number of hydrogen-bond acceptors (Lipinski definition) is 2. The molecule has 1 aromatic heterocycles. The zero-order chi connectivity index (χ0) is 14.8. The van der Waals surface area contributed by atoms with E-state index in [4.69, 9.17) is 4.74 Å². The van der Waals surface area contributed by atoms with Crippen LogP contribution in [0.5, 0.6) is 0 Å². The predicted octanol–water partition coefficient (Wildman–Crippen LogP) is 3.97. The molecule has 21 heavy (non-hydrogen) atoms. The molecule has 0 aliphatic rings. The lowest BCUT2D eigenvalue weighted by atomic mass is 10.1. The van der Waals surface area contributed by atoms with E-state index in [0.717, 1.165) is 11.1 Å². The first kappa shape index (κ1) is 13.4. The van der Waals surface area contributed by atoms with Gasteiger partial charge < -0.3 is 9.72 Å². The Morgan fingerprint density at radius 1 is 1.19 bits per heavy atom. The number of aryl methyl sites for hydroxylation is 1. The molecule has 106 valence electrons. The molecule has 3 aromatic rings. The first-order valence-electron chi connectivity index (χ1n) is 6.64. The third-order valence-corrected chi connectivity index (χ3v) is 3.37. The van der Waals surface area contributed by atoms with Crippen LogP contribution in [0.1, 0.15) is 21.6 Å². The molecular formula is C17H14FNO2. The number of carbonyl (C=O) groups is 1. The van der Waals surface area contributed by atoms with Crippen LogP contribution in [0.15, 0.2) is 48.5 Å². The van der Waals surface area contributed by atoms with Crippen molar-refractivity contribution >= 4 is 16.9 Å². The maximum absolute atomic E-state index is 13.4. The average Bonchev–Trinajstić information content (AvgIpc) is 2.81. The first-order valence-corrected chi connectivity index (χ1v) is 6.64. The Kier molecular flexibility index (Phi) is 3.44. The number of carbonyl (C=O) groups excluding carboxylic acids is 1. The highest BCUT2D eigenvalue weighted by atomic mass is 19.1. The minimum absolute atomic E-state index is 0.196. The van der Waals surface area contributed by atoms with Gasteiger partial charge in [-0.15, -0.1) is 0 Å². The third-order valence-electron chi connectivity index (χ3n) is 3.37. The van der Waals surface area contributed by atoms with Crippen LogP contribution in [0, 0.1) is 12.7 Å². The van der Waals surface area contributed by atoms with Gasteiger partial charge in [-0.2, -0.15) is 0 Å². The Bertz CT molecular complexity index is 793. The van der Waals surface area contributed by atoms with Crippen LogP contribution < -0.4 is 0 Å². The Hall–Kier alpha value is -2.62. The monoisotopic (exact) mass is 283 g/mol. The molecule has 0 fully saturated rings. The van der Waals surface area contributed by atoms with E-state index in [0.29, 0.717) is 16.6 Å². The van der Waals surface area contributed by atoms with Gasteiger partial charge in [0.25, 0.3) is 0 Å². The number of fused-ring (bicyclic) bond motifs is 1. The number of H-pyrrole nitrogens is 1. The lowest BCUT2D eigenvalue weighted by Crippen LogP contribution is -2.06. The van der Waals surface area contributed by atoms with E-state index < -0.39 is 5.97 Å². The Morgan fingerprint density at radius 2 is 1.95 bits per heavy atom. The van der Waals surface area contributed by atoms with Gasteiger partial charge in [0.2, 0.25) is 0 Å². The van der Waals surface area contributed by atoms with Gasteiger partial charge in [0.05, 0.1) is 5.56 Å². The SMILES string of the molecule is Cc1[nH]c2ccc(F)cc2c1C(=O)OCc1ccccc1. The van der Waals surface area contributed by atoms with Crippen molar-refractivity contribution in [2.75, 3.05) is 0 Å². The summed E-state index contributed by atoms with van der Waals surface area (Å²) in [6.07, 6.45) is 0. The van der Waals surface area contributed by atoms with E-state index in [-0.39, 0.29) is 12.4 Å². The lowest BCUT2D eigenvalue weighted by Gasteiger charge is -2.05. The normalized spacial score (nSPS) is 10.8. The molecule has 3 nitrogen and oxygen atoms in total. The summed E-state index contributed by atoms with van der Waals surface area (Å²) in [5.41, 5.74) is 2.70. The number of esters is 1. The third kappa shape index (κ3) is 2.65. The molecular weight excluding hydrogens is 269 g/mol. The maximum atomic E-state index is 13.4. The van der Waals surface area contributed by atoms with Gasteiger partial charge in [0.15, 0.2) is 0 Å². The Morgan fingerprint density at radius 3 is 2.71 bits per heavy atom. The van der Waals surface area contributed by atoms with Crippen LogP contribution in [-0.4, -0.2) is 11.0 Å². The van der Waals surface area contributed by atoms with E-state index in [1.165, 1.54) is 12.1 Å². The first-order chi connectivity index (χ1) is 10.1. The van der Waals surface area contributed by atoms with E-state index in [2.05, 4.69) is 4.98 Å². The highest BCUT2D eigenvalue weighted by molar-refractivity contribution is 6.05. The number of hydrogen-bond donors (Lipinski definition) is 1. The van der Waals surface area contributed by atoms with Crippen molar-refractivity contribution < 1.29 is 13.9 Å². The molecule has 2 aromatic carbocycles. The van der Waals surface area contributed by atoms with Gasteiger partial charge in [0.1, 0.15) is 12.4 Å². The molecule has 0 spiro atoms. The van der Waals surface area contributed by atoms with Gasteiger partial charge in [-0.05, 0) is 30.7 Å². The molecule has 3 rings (SSSR count). The topological polar surface area (TPSA) is 42.1 Å². The van der Waals surface area contributed by atoms with E-state index in [1.807, 2.05) is 30.3 Å². The summed E-state index contributed by atoms with van der Waals surface area (Å²) in [6.45, 7) is 1.97. The number of benzene rings is 2. The van der Waals surface area contributed by atoms with Crippen LogP contribution in [0.2, 0.25) is 0 Å². The highest BCUT2D eigenvalue weighted by Crippen LogP contribution is 2.24. The van der Waals surface area contributed by atoms with Crippen LogP contribution in [0.4, 0.5) is 4.39 Å². The predicted molar refractivity (Wildman–Crippen MR) is 78.6 cm³/mol. The van der Waals surface area contributed by atoms with Gasteiger partial charge in [-0.25, -0.2) is 9.18 Å². The zero-order valence-electron chi connectivity index (χ0n) is 11.5. The summed E-state index contributed by atoms with van der Waals surface area (Å²) in [5, 5.41) is 0.547. The van der Waals surface area contributed by atoms with Gasteiger partial charge in [-0.1, -0.05) is 30.3 Å². The summed E-state index contributed by atoms with van der Waals surface area (Å²) >= 11 is 0. The van der Waals surface area contributed by atoms with Crippen LogP contribution in [0.25, 0.3) is 10.9 Å². The molecule has 0 saturated heterocycles. The maximum Gasteiger partial charge on any atom is 0.340 e. The van der Waals surface area contributed by atoms with Crippen molar-refractivity contribution in [3.8, 4) is 0 Å². The van der Waals surface area contributed by atoms with Gasteiger partial charge in [-0.3, -0.25) is 0 Å². The number of ether oxygens (including phenoxy) is 1. The number of aromatic amines is 1. The summed E-state index contributed by atoms with van der Waals surface area (Å²) in [7, 11) is 0. The molecule has 0 aliphatic carbocycles. The number of halogens is 1. The Balaban J connectivity index is 1.87. The van der Waals surface area contributed by atoms with Crippen LogP contribution in [0.3, 0.4) is 0 Å². The average molecular weight is 283 g/mol. The number of aromatic nitrogens is 1. The van der Waals surface area contributed by atoms with Crippen molar-refractivity contribution in [3.05, 3.63) is 71.2 Å². The van der Waals surface area contributed by atoms with Crippen LogP contribution in [-0.2, 0) is 11.3 Å². The van der Waals surface area contributed by atoms with Crippen molar-refractivity contribution in [3.63, 3.8) is 0 Å². The van der Waals surface area contributed by atoms with E-state index in [9.17, 15) is 9.18 Å². The molecule has 0 radical (unpaired) electrons. The molecule has 0 atom stereocenters. The summed E-state index contributed by atoms with van der Waals surface area (Å²) in [6, 6.07) is 13.8. The molecule has 1 N–H and O–H groups in total. The lowest BCUT2D eigenvalue weighted by molar-refractivity contribution is 0.0474. The smallest absolute Gasteiger partial charge is 0.340 e. The van der Waals surface area contributed by atoms with Gasteiger partial charge in [0, 0.05) is 16.6 Å². The second-order valence-electron chi connectivity index (χ2n) is 4.88. The fraction of sp³-hybridized carbons (Fsp3) is 0.118.